The van der Waals surface area contributed by atoms with Crippen LogP contribution >= 0.6 is 0 Å². The zero-order valence-corrected chi connectivity index (χ0v) is 27.7. The highest BCUT2D eigenvalue weighted by atomic mass is 16.5. The maximum absolute atomic E-state index is 10.5. The van der Waals surface area contributed by atoms with Gasteiger partial charge in [-0.15, -0.1) is 0 Å². The topological polar surface area (TPSA) is 111 Å². The molecule has 6 heteroatoms. The molecule has 6 N–H and O–H groups in total. The lowest BCUT2D eigenvalue weighted by atomic mass is 9.94. The molecule has 7 rings (SSSR count). The first kappa shape index (κ1) is 32.8. The van der Waals surface area contributed by atoms with E-state index in [1.165, 1.54) is 12.1 Å². The van der Waals surface area contributed by atoms with E-state index < -0.39 is 0 Å². The van der Waals surface area contributed by atoms with Crippen molar-refractivity contribution in [2.75, 3.05) is 11.5 Å². The number of fused-ring (bicyclic) bond motifs is 1. The predicted molar refractivity (Wildman–Crippen MR) is 206 cm³/mol. The quantitative estimate of drug-likeness (QED) is 0.0842. The number of phenolic OH excluding ortho intramolecular Hbond substituents is 2. The second kappa shape index (κ2) is 14.8. The Hall–Kier alpha value is -7.72. The third kappa shape index (κ3) is 7.46. The molecule has 248 valence electrons. The van der Waals surface area contributed by atoms with Gasteiger partial charge in [0, 0.05) is 50.7 Å². The molecule has 7 aromatic rings. The van der Waals surface area contributed by atoms with Crippen molar-refractivity contribution in [1.82, 2.24) is 0 Å². The molecule has 0 aliphatic carbocycles. The van der Waals surface area contributed by atoms with Crippen molar-refractivity contribution < 1.29 is 19.7 Å². The van der Waals surface area contributed by atoms with Gasteiger partial charge < -0.3 is 31.2 Å². The fraction of sp³-hybridized carbons (Fsp3) is 0. The number of phenols is 2. The summed E-state index contributed by atoms with van der Waals surface area (Å²) >= 11 is 0. The van der Waals surface area contributed by atoms with Gasteiger partial charge in [-0.3, -0.25) is 0 Å². The summed E-state index contributed by atoms with van der Waals surface area (Å²) in [5, 5.41) is 22.1. The number of hydrogen-bond donors (Lipinski definition) is 4. The van der Waals surface area contributed by atoms with Crippen molar-refractivity contribution in [2.45, 2.75) is 0 Å². The van der Waals surface area contributed by atoms with Gasteiger partial charge in [0.2, 0.25) is 0 Å². The first-order valence-corrected chi connectivity index (χ1v) is 16.3. The highest BCUT2D eigenvalue weighted by Gasteiger charge is 2.21. The number of aromatic hydroxyl groups is 2. The van der Waals surface area contributed by atoms with E-state index in [2.05, 4.69) is 35.5 Å². The minimum absolute atomic E-state index is 0.109. The third-order valence-corrected chi connectivity index (χ3v) is 7.99. The molecular formula is C46H30N2O4. The monoisotopic (exact) mass is 674 g/mol. The summed E-state index contributed by atoms with van der Waals surface area (Å²) in [5.74, 6) is 21.1. The average Bonchev–Trinajstić information content (AvgIpc) is 3.17. The van der Waals surface area contributed by atoms with Crippen LogP contribution in [0, 0.1) is 35.5 Å². The molecule has 6 nitrogen and oxygen atoms in total. The van der Waals surface area contributed by atoms with Crippen molar-refractivity contribution >= 4 is 22.1 Å². The first-order valence-electron chi connectivity index (χ1n) is 16.3. The molecule has 0 unspecified atom stereocenters. The van der Waals surface area contributed by atoms with Crippen molar-refractivity contribution in [3.05, 3.63) is 179 Å². The summed E-state index contributed by atoms with van der Waals surface area (Å²) in [7, 11) is 0. The number of anilines is 2. The van der Waals surface area contributed by atoms with E-state index in [-0.39, 0.29) is 22.9 Å². The summed E-state index contributed by atoms with van der Waals surface area (Å²) in [6, 6.07) is 43.9. The molecule has 0 spiro atoms. The smallest absolute Gasteiger partial charge is 0.152 e. The molecule has 7 aromatic carbocycles. The molecule has 0 aromatic heterocycles. The van der Waals surface area contributed by atoms with Crippen LogP contribution in [0.1, 0.15) is 33.4 Å². The van der Waals surface area contributed by atoms with E-state index in [1.54, 1.807) is 24.3 Å². The van der Waals surface area contributed by atoms with Gasteiger partial charge in [0.1, 0.15) is 28.7 Å². The Balaban J connectivity index is 1.57. The van der Waals surface area contributed by atoms with Crippen molar-refractivity contribution in [1.29, 1.82) is 0 Å². The minimum Gasteiger partial charge on any atom is -0.506 e. The Morgan fingerprint density at radius 1 is 0.404 bits per heavy atom. The van der Waals surface area contributed by atoms with Crippen LogP contribution in [0.5, 0.6) is 34.5 Å². The summed E-state index contributed by atoms with van der Waals surface area (Å²) in [5.41, 5.74) is 16.5. The Kier molecular flexibility index (Phi) is 9.34. The molecule has 0 radical (unpaired) electrons. The van der Waals surface area contributed by atoms with Crippen LogP contribution < -0.4 is 20.9 Å². The molecule has 0 aliphatic heterocycles. The second-order valence-corrected chi connectivity index (χ2v) is 11.7. The van der Waals surface area contributed by atoms with Gasteiger partial charge >= 0.3 is 0 Å². The number of ether oxygens (including phenoxy) is 2. The Bertz CT molecular complexity index is 2620. The minimum atomic E-state index is -0.125. The zero-order chi connectivity index (χ0) is 35.9. The first-order chi connectivity index (χ1) is 25.4. The average molecular weight is 675 g/mol. The van der Waals surface area contributed by atoms with Crippen LogP contribution in [0.15, 0.2) is 146 Å². The number of hydrogen-bond acceptors (Lipinski definition) is 6. The van der Waals surface area contributed by atoms with Crippen molar-refractivity contribution in [3.8, 4) is 70.0 Å². The van der Waals surface area contributed by atoms with Gasteiger partial charge in [0.05, 0.1) is 16.9 Å². The highest BCUT2D eigenvalue weighted by Crippen LogP contribution is 2.44. The molecule has 0 aliphatic rings. The largest absolute Gasteiger partial charge is 0.506 e. The molecule has 0 saturated heterocycles. The summed E-state index contributed by atoms with van der Waals surface area (Å²) < 4.78 is 13.1. The molecule has 0 bridgehead atoms. The number of nitrogens with two attached hydrogens (primary N) is 2. The van der Waals surface area contributed by atoms with Crippen LogP contribution in [0.3, 0.4) is 0 Å². The summed E-state index contributed by atoms with van der Waals surface area (Å²) in [4.78, 5) is 0. The fourth-order valence-corrected chi connectivity index (χ4v) is 5.39. The lowest BCUT2D eigenvalue weighted by Gasteiger charge is -2.18. The highest BCUT2D eigenvalue weighted by molar-refractivity contribution is 6.03. The molecule has 0 atom stereocenters. The molecule has 0 fully saturated rings. The molecule has 0 heterocycles. The number of benzene rings is 7. The van der Waals surface area contributed by atoms with Crippen LogP contribution in [0.2, 0.25) is 0 Å². The molecule has 0 amide bonds. The van der Waals surface area contributed by atoms with Crippen LogP contribution in [0.4, 0.5) is 11.4 Å². The fourth-order valence-electron chi connectivity index (χ4n) is 5.39. The Morgan fingerprint density at radius 3 is 1.37 bits per heavy atom. The van der Waals surface area contributed by atoms with E-state index in [0.717, 1.165) is 16.7 Å². The maximum Gasteiger partial charge on any atom is 0.152 e. The van der Waals surface area contributed by atoms with E-state index in [0.29, 0.717) is 50.5 Å². The standard InChI is InChI=1S/C46H30N2O4/c47-39-25-23-37(29-41(39)49)51-43-27-22-34(19-16-31-10-4-1-5-11-31)45-44(43)35(20-17-32-12-6-2-7-13-32)28-36(21-18-33-14-8-3-9-15-33)46(45)52-38-24-26-40(48)42(50)30-38/h1-15,22-30,49-50H,47-48H2. The van der Waals surface area contributed by atoms with Gasteiger partial charge in [0.25, 0.3) is 0 Å². The van der Waals surface area contributed by atoms with Gasteiger partial charge in [0.15, 0.2) is 5.75 Å². The SMILES string of the molecule is Nc1ccc(Oc2ccc(C#Cc3ccccc3)c3c(Oc4ccc(N)c(O)c4)c(C#Cc4ccccc4)cc(C#Cc4ccccc4)c23)cc1O. The van der Waals surface area contributed by atoms with Gasteiger partial charge in [-0.1, -0.05) is 90.1 Å². The lowest BCUT2D eigenvalue weighted by molar-refractivity contribution is 0.456. The Labute approximate surface area is 301 Å². The van der Waals surface area contributed by atoms with E-state index in [4.69, 9.17) is 20.9 Å². The van der Waals surface area contributed by atoms with Crippen molar-refractivity contribution in [2.24, 2.45) is 0 Å². The van der Waals surface area contributed by atoms with E-state index in [1.807, 2.05) is 109 Å². The van der Waals surface area contributed by atoms with Crippen molar-refractivity contribution in [3.63, 3.8) is 0 Å². The summed E-state index contributed by atoms with van der Waals surface area (Å²) in [6.07, 6.45) is 0. The van der Waals surface area contributed by atoms with Gasteiger partial charge in [-0.05, 0) is 78.9 Å². The predicted octanol–water partition coefficient (Wildman–Crippen LogP) is 9.20. The van der Waals surface area contributed by atoms with Gasteiger partial charge in [-0.25, -0.2) is 0 Å². The lowest BCUT2D eigenvalue weighted by Crippen LogP contribution is -1.98. The number of rotatable bonds is 4. The van der Waals surface area contributed by atoms with Crippen LogP contribution in [-0.2, 0) is 0 Å². The van der Waals surface area contributed by atoms with Crippen LogP contribution in [-0.4, -0.2) is 10.2 Å². The maximum atomic E-state index is 10.5. The second-order valence-electron chi connectivity index (χ2n) is 11.7. The van der Waals surface area contributed by atoms with Gasteiger partial charge in [-0.2, -0.15) is 0 Å². The number of nitrogen functional groups attached to an aromatic ring is 2. The molecule has 52 heavy (non-hydrogen) atoms. The van der Waals surface area contributed by atoms with E-state index >= 15 is 0 Å². The van der Waals surface area contributed by atoms with E-state index in [9.17, 15) is 10.2 Å². The normalized spacial score (nSPS) is 10.2. The third-order valence-electron chi connectivity index (χ3n) is 7.99. The van der Waals surface area contributed by atoms with Crippen LogP contribution in [0.25, 0.3) is 10.8 Å². The zero-order valence-electron chi connectivity index (χ0n) is 27.7. The molecular weight excluding hydrogens is 645 g/mol. The Morgan fingerprint density at radius 2 is 0.865 bits per heavy atom. The summed E-state index contributed by atoms with van der Waals surface area (Å²) in [6.45, 7) is 0. The molecule has 0 saturated carbocycles.